The van der Waals surface area contributed by atoms with Gasteiger partial charge in [0.05, 0.1) is 27.9 Å². The fourth-order valence-corrected chi connectivity index (χ4v) is 4.09. The Morgan fingerprint density at radius 1 is 0.900 bits per heavy atom. The second-order valence-corrected chi connectivity index (χ2v) is 7.99. The molecule has 5 heteroatoms. The van der Waals surface area contributed by atoms with E-state index in [2.05, 4.69) is 24.4 Å². The van der Waals surface area contributed by atoms with Gasteiger partial charge in [0.2, 0.25) is 5.91 Å². The van der Waals surface area contributed by atoms with Crippen LogP contribution in [-0.4, -0.2) is 22.4 Å². The molecule has 0 atom stereocenters. The van der Waals surface area contributed by atoms with Crippen LogP contribution in [0, 0.1) is 0 Å². The monoisotopic (exact) mass is 413 g/mol. The van der Waals surface area contributed by atoms with Crippen LogP contribution in [0.1, 0.15) is 24.5 Å². The Hall–Kier alpha value is -3.18. The van der Waals surface area contributed by atoms with E-state index in [-0.39, 0.29) is 5.91 Å². The average Bonchev–Trinajstić information content (AvgIpc) is 2.98. The number of benzene rings is 3. The number of aliphatic imine (C=N–C) groups is 2. The van der Waals surface area contributed by atoms with Crippen LogP contribution in [0.15, 0.2) is 88.8 Å². The summed E-state index contributed by atoms with van der Waals surface area (Å²) in [7, 11) is 0. The molecule has 0 spiro atoms. The van der Waals surface area contributed by atoms with E-state index in [0.29, 0.717) is 12.2 Å². The summed E-state index contributed by atoms with van der Waals surface area (Å²) in [4.78, 5) is 22.3. The van der Waals surface area contributed by atoms with Gasteiger partial charge in [0.25, 0.3) is 0 Å². The smallest absolute Gasteiger partial charge is 0.234 e. The second-order valence-electron chi connectivity index (χ2n) is 6.94. The summed E-state index contributed by atoms with van der Waals surface area (Å²) >= 11 is 1.47. The zero-order valence-electron chi connectivity index (χ0n) is 16.8. The highest BCUT2D eigenvalue weighted by molar-refractivity contribution is 8.14. The van der Waals surface area contributed by atoms with Gasteiger partial charge in [0, 0.05) is 12.1 Å². The quantitative estimate of drug-likeness (QED) is 0.543. The number of thioether (sulfide) groups is 1. The van der Waals surface area contributed by atoms with E-state index in [0.717, 1.165) is 45.4 Å². The van der Waals surface area contributed by atoms with Gasteiger partial charge in [-0.05, 0) is 35.7 Å². The predicted octanol–water partition coefficient (Wildman–Crippen LogP) is 6.18. The molecule has 0 fully saturated rings. The molecule has 1 N–H and O–H groups in total. The number of aryl methyl sites for hydroxylation is 1. The van der Waals surface area contributed by atoms with E-state index >= 15 is 0 Å². The summed E-state index contributed by atoms with van der Waals surface area (Å²) in [5.74, 6) is 0.278. The first-order chi connectivity index (χ1) is 14.7. The molecule has 3 aromatic rings. The Balaban J connectivity index is 1.51. The number of nitrogens with one attached hydrogen (secondary N) is 1. The van der Waals surface area contributed by atoms with Crippen molar-refractivity contribution in [3.8, 4) is 0 Å². The molecule has 3 aromatic carbocycles. The van der Waals surface area contributed by atoms with Crippen LogP contribution in [0.5, 0.6) is 0 Å². The van der Waals surface area contributed by atoms with Gasteiger partial charge < -0.3 is 5.32 Å². The van der Waals surface area contributed by atoms with E-state index < -0.39 is 0 Å². The van der Waals surface area contributed by atoms with E-state index in [1.54, 1.807) is 0 Å². The van der Waals surface area contributed by atoms with Crippen molar-refractivity contribution in [2.75, 3.05) is 11.1 Å². The molecule has 1 heterocycles. The second kappa shape index (κ2) is 9.55. The van der Waals surface area contributed by atoms with Crippen molar-refractivity contribution in [1.29, 1.82) is 0 Å². The van der Waals surface area contributed by atoms with Gasteiger partial charge in [-0.15, -0.1) is 11.8 Å². The third kappa shape index (κ3) is 4.86. The van der Waals surface area contributed by atoms with Gasteiger partial charge in [-0.2, -0.15) is 0 Å². The third-order valence-corrected chi connectivity index (χ3v) is 5.83. The fraction of sp³-hybridized carbons (Fsp3) is 0.160. The van der Waals surface area contributed by atoms with Crippen molar-refractivity contribution >= 4 is 45.5 Å². The number of anilines is 1. The molecule has 0 unspecified atom stereocenters. The number of para-hydroxylation sites is 3. The largest absolute Gasteiger partial charge is 0.325 e. The zero-order valence-corrected chi connectivity index (χ0v) is 17.7. The molecule has 4 rings (SSSR count). The number of hydrogen-bond donors (Lipinski definition) is 1. The fourth-order valence-electron chi connectivity index (χ4n) is 3.32. The van der Waals surface area contributed by atoms with E-state index in [9.17, 15) is 4.79 Å². The summed E-state index contributed by atoms with van der Waals surface area (Å²) in [5.41, 5.74) is 5.74. The lowest BCUT2D eigenvalue weighted by Crippen LogP contribution is -2.17. The van der Waals surface area contributed by atoms with Gasteiger partial charge in [-0.25, -0.2) is 4.99 Å². The molecule has 150 valence electrons. The Morgan fingerprint density at radius 3 is 2.33 bits per heavy atom. The van der Waals surface area contributed by atoms with Crippen LogP contribution >= 0.6 is 11.8 Å². The maximum absolute atomic E-state index is 12.6. The maximum Gasteiger partial charge on any atom is 0.234 e. The highest BCUT2D eigenvalue weighted by Gasteiger charge is 2.16. The zero-order chi connectivity index (χ0) is 20.8. The van der Waals surface area contributed by atoms with Crippen LogP contribution in [0.4, 0.5) is 17.1 Å². The van der Waals surface area contributed by atoms with Crippen LogP contribution in [0.25, 0.3) is 0 Å². The number of fused-ring (bicyclic) bond motifs is 1. The van der Waals surface area contributed by atoms with E-state index in [4.69, 9.17) is 9.98 Å². The van der Waals surface area contributed by atoms with Gasteiger partial charge in [-0.1, -0.05) is 67.6 Å². The number of rotatable bonds is 5. The minimum absolute atomic E-state index is 0.0284. The lowest BCUT2D eigenvalue weighted by atomic mass is 10.1. The van der Waals surface area contributed by atoms with Crippen LogP contribution in [0.2, 0.25) is 0 Å². The van der Waals surface area contributed by atoms with Crippen LogP contribution in [-0.2, 0) is 11.2 Å². The van der Waals surface area contributed by atoms with Gasteiger partial charge in [-0.3, -0.25) is 9.79 Å². The van der Waals surface area contributed by atoms with Gasteiger partial charge in [0.1, 0.15) is 0 Å². The molecule has 30 heavy (non-hydrogen) atoms. The number of carbonyl (C=O) groups excluding carboxylic acids is 1. The van der Waals surface area contributed by atoms with Crippen molar-refractivity contribution < 1.29 is 4.79 Å². The molecule has 0 radical (unpaired) electrons. The first-order valence-corrected chi connectivity index (χ1v) is 11.0. The van der Waals surface area contributed by atoms with Crippen molar-refractivity contribution in [2.24, 2.45) is 9.98 Å². The summed E-state index contributed by atoms with van der Waals surface area (Å²) < 4.78 is 0. The minimum atomic E-state index is -0.0284. The molecule has 0 bridgehead atoms. The lowest BCUT2D eigenvalue weighted by Gasteiger charge is -2.10. The molecular formula is C25H23N3OS. The van der Waals surface area contributed by atoms with Gasteiger partial charge >= 0.3 is 0 Å². The lowest BCUT2D eigenvalue weighted by molar-refractivity contribution is -0.113. The third-order valence-electron chi connectivity index (χ3n) is 4.85. The molecule has 0 saturated heterocycles. The Kier molecular flexibility index (Phi) is 6.40. The van der Waals surface area contributed by atoms with Crippen molar-refractivity contribution in [3.63, 3.8) is 0 Å². The minimum Gasteiger partial charge on any atom is -0.325 e. The highest BCUT2D eigenvalue weighted by atomic mass is 32.2. The summed E-state index contributed by atoms with van der Waals surface area (Å²) in [6.07, 6.45) is 1.48. The summed E-state index contributed by atoms with van der Waals surface area (Å²) in [5, 5.41) is 3.92. The first kappa shape index (κ1) is 20.1. The number of amides is 1. The molecule has 0 aliphatic carbocycles. The molecule has 0 saturated carbocycles. The maximum atomic E-state index is 12.6. The number of nitrogens with zero attached hydrogens (tertiary/aromatic N) is 2. The molecule has 1 aliphatic heterocycles. The number of hydrogen-bond acceptors (Lipinski definition) is 4. The standard InChI is InChI=1S/C25H23N3OS/c1-2-18-10-6-7-13-20(18)27-24(29)17-30-25-16-23(19-11-4-3-5-12-19)26-21-14-8-9-15-22(21)28-25/h3-15H,2,16-17H2,1H3,(H,27,29). The molecule has 1 aliphatic rings. The van der Waals surface area contributed by atoms with Crippen molar-refractivity contribution in [1.82, 2.24) is 0 Å². The van der Waals surface area contributed by atoms with Crippen LogP contribution in [0.3, 0.4) is 0 Å². The summed E-state index contributed by atoms with van der Waals surface area (Å²) in [6, 6.07) is 25.9. The SMILES string of the molecule is CCc1ccccc1NC(=O)CSC1=Nc2ccccc2N=C(c2ccccc2)C1. The highest BCUT2D eigenvalue weighted by Crippen LogP contribution is 2.33. The molecular weight excluding hydrogens is 390 g/mol. The first-order valence-electron chi connectivity index (χ1n) is 10.0. The van der Waals surface area contributed by atoms with Crippen LogP contribution < -0.4 is 5.32 Å². The molecule has 0 aromatic heterocycles. The molecule has 1 amide bonds. The Morgan fingerprint density at radius 2 is 1.57 bits per heavy atom. The predicted molar refractivity (Wildman–Crippen MR) is 128 cm³/mol. The molecule has 4 nitrogen and oxygen atoms in total. The Bertz CT molecular complexity index is 1110. The van der Waals surface area contributed by atoms with Crippen molar-refractivity contribution in [3.05, 3.63) is 90.0 Å². The average molecular weight is 414 g/mol. The van der Waals surface area contributed by atoms with Crippen molar-refractivity contribution in [2.45, 2.75) is 19.8 Å². The van der Waals surface area contributed by atoms with Gasteiger partial charge in [0.15, 0.2) is 0 Å². The topological polar surface area (TPSA) is 53.8 Å². The summed E-state index contributed by atoms with van der Waals surface area (Å²) in [6.45, 7) is 2.09. The van der Waals surface area contributed by atoms with E-state index in [1.807, 2.05) is 66.7 Å². The normalized spacial score (nSPS) is 13.0. The Labute approximate surface area is 181 Å². The van der Waals surface area contributed by atoms with E-state index in [1.165, 1.54) is 11.8 Å². The number of carbonyl (C=O) groups is 1.